The fourth-order valence-electron chi connectivity index (χ4n) is 2.39. The Bertz CT molecular complexity index is 1010. The first-order valence-corrected chi connectivity index (χ1v) is 8.70. The largest absolute Gasteiger partial charge is 0.324 e. The topological polar surface area (TPSA) is 110 Å². The average Bonchev–Trinajstić information content (AvgIpc) is 2.89. The standard InChI is InChI=1S/C18H12FN3O5S/c19-12-2-1-3-13(9-12)20-16(23)10-21-17(24)15(28-18(21)25)8-11-4-6-14(7-5-11)22(26)27/h1-9H,10H2,(H,20,23)/b15-8+. The zero-order chi connectivity index (χ0) is 20.3. The van der Waals surface area contributed by atoms with Gasteiger partial charge in [-0.2, -0.15) is 0 Å². The van der Waals surface area contributed by atoms with E-state index < -0.39 is 34.3 Å². The Labute approximate surface area is 162 Å². The van der Waals surface area contributed by atoms with Gasteiger partial charge in [0.15, 0.2) is 0 Å². The van der Waals surface area contributed by atoms with Gasteiger partial charge in [0.2, 0.25) is 5.91 Å². The summed E-state index contributed by atoms with van der Waals surface area (Å²) >= 11 is 0.663. The number of hydrogen-bond acceptors (Lipinski definition) is 6. The van der Waals surface area contributed by atoms with Crippen LogP contribution in [0.3, 0.4) is 0 Å². The van der Waals surface area contributed by atoms with Crippen LogP contribution in [0.1, 0.15) is 5.56 Å². The smallest absolute Gasteiger partial charge is 0.294 e. The molecule has 0 spiro atoms. The Morgan fingerprint density at radius 1 is 1.21 bits per heavy atom. The Kier molecular flexibility index (Phi) is 5.50. The van der Waals surface area contributed by atoms with Crippen molar-refractivity contribution in [2.45, 2.75) is 0 Å². The zero-order valence-electron chi connectivity index (χ0n) is 14.1. The monoisotopic (exact) mass is 401 g/mol. The SMILES string of the molecule is O=C(CN1C(=O)S/C(=C/c2ccc([N+](=O)[O-])cc2)C1=O)Nc1cccc(F)c1. The molecule has 3 amide bonds. The minimum Gasteiger partial charge on any atom is -0.324 e. The van der Waals surface area contributed by atoms with Gasteiger partial charge in [0, 0.05) is 17.8 Å². The van der Waals surface area contributed by atoms with Gasteiger partial charge in [-0.1, -0.05) is 6.07 Å². The summed E-state index contributed by atoms with van der Waals surface area (Å²) in [5, 5.41) is 12.5. The lowest BCUT2D eigenvalue weighted by Gasteiger charge is -2.12. The molecule has 0 aliphatic carbocycles. The predicted molar refractivity (Wildman–Crippen MR) is 101 cm³/mol. The lowest BCUT2D eigenvalue weighted by Crippen LogP contribution is -2.36. The maximum Gasteiger partial charge on any atom is 0.294 e. The second kappa shape index (κ2) is 8.01. The van der Waals surface area contributed by atoms with Crippen molar-refractivity contribution in [1.82, 2.24) is 4.90 Å². The number of hydrogen-bond donors (Lipinski definition) is 1. The highest BCUT2D eigenvalue weighted by atomic mass is 32.2. The number of carbonyl (C=O) groups excluding carboxylic acids is 3. The molecule has 1 aliphatic rings. The summed E-state index contributed by atoms with van der Waals surface area (Å²) in [6.45, 7) is -0.515. The third-order valence-corrected chi connectivity index (χ3v) is 4.59. The van der Waals surface area contributed by atoms with E-state index in [4.69, 9.17) is 0 Å². The maximum atomic E-state index is 13.2. The number of anilines is 1. The number of non-ortho nitro benzene ring substituents is 1. The van der Waals surface area contributed by atoms with E-state index in [0.717, 1.165) is 11.0 Å². The predicted octanol–water partition coefficient (Wildman–Crippen LogP) is 3.41. The van der Waals surface area contributed by atoms with E-state index in [1.807, 2.05) is 0 Å². The molecule has 1 fully saturated rings. The number of rotatable bonds is 5. The van der Waals surface area contributed by atoms with Gasteiger partial charge in [0.1, 0.15) is 12.4 Å². The summed E-state index contributed by atoms with van der Waals surface area (Å²) in [7, 11) is 0. The lowest BCUT2D eigenvalue weighted by atomic mass is 10.2. The van der Waals surface area contributed by atoms with Crippen LogP contribution in [-0.4, -0.2) is 33.4 Å². The van der Waals surface area contributed by atoms with E-state index in [1.54, 1.807) is 0 Å². The van der Waals surface area contributed by atoms with Crippen molar-refractivity contribution in [3.05, 3.63) is 74.9 Å². The van der Waals surface area contributed by atoms with Crippen LogP contribution in [0.15, 0.2) is 53.4 Å². The molecule has 1 heterocycles. The number of nitro benzene ring substituents is 1. The van der Waals surface area contributed by atoms with Crippen molar-refractivity contribution in [2.75, 3.05) is 11.9 Å². The second-order valence-corrected chi connectivity index (χ2v) is 6.67. The van der Waals surface area contributed by atoms with E-state index in [-0.39, 0.29) is 16.3 Å². The number of amides is 3. The molecule has 28 heavy (non-hydrogen) atoms. The Morgan fingerprint density at radius 3 is 2.57 bits per heavy atom. The van der Waals surface area contributed by atoms with E-state index in [0.29, 0.717) is 17.3 Å². The van der Waals surface area contributed by atoms with E-state index in [1.165, 1.54) is 48.5 Å². The highest BCUT2D eigenvalue weighted by Gasteiger charge is 2.36. The summed E-state index contributed by atoms with van der Waals surface area (Å²) < 4.78 is 13.2. The van der Waals surface area contributed by atoms with Crippen LogP contribution < -0.4 is 5.32 Å². The fourth-order valence-corrected chi connectivity index (χ4v) is 3.23. The van der Waals surface area contributed by atoms with Crippen molar-refractivity contribution in [3.8, 4) is 0 Å². The molecular formula is C18H12FN3O5S. The van der Waals surface area contributed by atoms with Crippen LogP contribution in [-0.2, 0) is 9.59 Å². The molecule has 0 saturated carbocycles. The van der Waals surface area contributed by atoms with Crippen LogP contribution in [0, 0.1) is 15.9 Å². The van der Waals surface area contributed by atoms with Gasteiger partial charge in [-0.05, 0) is 53.7 Å². The van der Waals surface area contributed by atoms with Gasteiger partial charge in [0.25, 0.3) is 16.8 Å². The van der Waals surface area contributed by atoms with Crippen molar-refractivity contribution in [1.29, 1.82) is 0 Å². The molecule has 1 N–H and O–H groups in total. The number of imide groups is 1. The third-order valence-electron chi connectivity index (χ3n) is 3.69. The molecule has 2 aromatic rings. The Hall–Kier alpha value is -3.53. The number of nitrogens with one attached hydrogen (secondary N) is 1. The number of nitro groups is 1. The molecule has 142 valence electrons. The van der Waals surface area contributed by atoms with Crippen LogP contribution in [0.2, 0.25) is 0 Å². The number of halogens is 1. The highest BCUT2D eigenvalue weighted by Crippen LogP contribution is 2.32. The molecule has 8 nitrogen and oxygen atoms in total. The van der Waals surface area contributed by atoms with Gasteiger partial charge < -0.3 is 5.32 Å². The molecular weight excluding hydrogens is 389 g/mol. The molecule has 1 saturated heterocycles. The van der Waals surface area contributed by atoms with E-state index >= 15 is 0 Å². The lowest BCUT2D eigenvalue weighted by molar-refractivity contribution is -0.384. The number of benzene rings is 2. The van der Waals surface area contributed by atoms with Crippen LogP contribution in [0.4, 0.5) is 20.6 Å². The molecule has 1 aliphatic heterocycles. The third kappa shape index (κ3) is 4.41. The van der Waals surface area contributed by atoms with Gasteiger partial charge in [0.05, 0.1) is 9.83 Å². The first-order chi connectivity index (χ1) is 13.3. The van der Waals surface area contributed by atoms with Crippen LogP contribution in [0.25, 0.3) is 6.08 Å². The summed E-state index contributed by atoms with van der Waals surface area (Å²) in [4.78, 5) is 47.5. The molecule has 2 aromatic carbocycles. The van der Waals surface area contributed by atoms with Crippen molar-refractivity contribution >= 4 is 46.3 Å². The molecule has 3 rings (SSSR count). The maximum absolute atomic E-state index is 13.2. The first-order valence-electron chi connectivity index (χ1n) is 7.89. The molecule has 0 aromatic heterocycles. The second-order valence-electron chi connectivity index (χ2n) is 5.68. The summed E-state index contributed by atoms with van der Waals surface area (Å²) in [6.07, 6.45) is 1.42. The van der Waals surface area contributed by atoms with Gasteiger partial charge in [-0.15, -0.1) is 0 Å². The molecule has 0 atom stereocenters. The normalized spacial score (nSPS) is 15.2. The number of nitrogens with zero attached hydrogens (tertiary/aromatic N) is 2. The van der Waals surface area contributed by atoms with Gasteiger partial charge >= 0.3 is 0 Å². The quantitative estimate of drug-likeness (QED) is 0.467. The number of carbonyl (C=O) groups is 3. The summed E-state index contributed by atoms with van der Waals surface area (Å²) in [5.74, 6) is -1.83. The minimum absolute atomic E-state index is 0.0948. The summed E-state index contributed by atoms with van der Waals surface area (Å²) in [5.41, 5.74) is 0.609. The van der Waals surface area contributed by atoms with Crippen LogP contribution in [0.5, 0.6) is 0 Å². The minimum atomic E-state index is -0.650. The van der Waals surface area contributed by atoms with Crippen molar-refractivity contribution < 1.29 is 23.7 Å². The fraction of sp³-hybridized carbons (Fsp3) is 0.0556. The van der Waals surface area contributed by atoms with Gasteiger partial charge in [-0.3, -0.25) is 29.4 Å². The van der Waals surface area contributed by atoms with Crippen LogP contribution >= 0.6 is 11.8 Å². The molecule has 10 heteroatoms. The highest BCUT2D eigenvalue weighted by molar-refractivity contribution is 8.18. The number of thioether (sulfide) groups is 1. The van der Waals surface area contributed by atoms with E-state index in [9.17, 15) is 28.9 Å². The Morgan fingerprint density at radius 2 is 1.93 bits per heavy atom. The summed E-state index contributed by atoms with van der Waals surface area (Å²) in [6, 6.07) is 10.7. The van der Waals surface area contributed by atoms with Crippen molar-refractivity contribution in [3.63, 3.8) is 0 Å². The zero-order valence-corrected chi connectivity index (χ0v) is 14.9. The molecule has 0 unspecified atom stereocenters. The molecule has 0 radical (unpaired) electrons. The van der Waals surface area contributed by atoms with Crippen molar-refractivity contribution in [2.24, 2.45) is 0 Å². The molecule has 0 bridgehead atoms. The van der Waals surface area contributed by atoms with E-state index in [2.05, 4.69) is 5.32 Å². The average molecular weight is 401 g/mol. The first kappa shape index (κ1) is 19.2. The van der Waals surface area contributed by atoms with Gasteiger partial charge in [-0.25, -0.2) is 4.39 Å². The Balaban J connectivity index is 1.69.